The highest BCUT2D eigenvalue weighted by Crippen LogP contribution is 2.59. The molecule has 0 bridgehead atoms. The highest BCUT2D eigenvalue weighted by molar-refractivity contribution is 5.01. The Morgan fingerprint density at radius 3 is 2.12 bits per heavy atom. The molecule has 46 valence electrons. The predicted molar refractivity (Wildman–Crippen MR) is 34.5 cm³/mol. The van der Waals surface area contributed by atoms with Crippen LogP contribution in [0.2, 0.25) is 0 Å². The third-order valence-electron chi connectivity index (χ3n) is 3.25. The molecule has 0 aromatic rings. The highest BCUT2D eigenvalue weighted by Gasteiger charge is 2.52. The molecule has 3 unspecified atom stereocenters. The van der Waals surface area contributed by atoms with Gasteiger partial charge in [-0.1, -0.05) is 20.3 Å². The van der Waals surface area contributed by atoms with Crippen LogP contribution in [0.4, 0.5) is 0 Å². The average molecular weight is 110 g/mol. The minimum Gasteiger partial charge on any atom is -0.0622 e. The third-order valence-corrected chi connectivity index (χ3v) is 3.25. The van der Waals surface area contributed by atoms with Crippen LogP contribution in [0, 0.1) is 23.7 Å². The number of rotatable bonds is 0. The van der Waals surface area contributed by atoms with Gasteiger partial charge < -0.3 is 0 Å². The van der Waals surface area contributed by atoms with E-state index in [1.807, 2.05) is 0 Å². The molecule has 0 aromatic carbocycles. The second-order valence-corrected chi connectivity index (χ2v) is 3.65. The lowest BCUT2D eigenvalue weighted by molar-refractivity contribution is 0.483. The fraction of sp³-hybridized carbons (Fsp3) is 1.00. The molecule has 0 heterocycles. The van der Waals surface area contributed by atoms with Crippen LogP contribution >= 0.6 is 0 Å². The van der Waals surface area contributed by atoms with Crippen LogP contribution in [0.3, 0.4) is 0 Å². The molecule has 2 aliphatic carbocycles. The van der Waals surface area contributed by atoms with Crippen molar-refractivity contribution in [2.24, 2.45) is 23.7 Å². The van der Waals surface area contributed by atoms with Crippen molar-refractivity contribution in [3.05, 3.63) is 0 Å². The first-order chi connectivity index (χ1) is 3.80. The average Bonchev–Trinajstić information content (AvgIpc) is 2.13. The van der Waals surface area contributed by atoms with E-state index in [1.165, 1.54) is 12.8 Å². The Morgan fingerprint density at radius 1 is 1.12 bits per heavy atom. The third kappa shape index (κ3) is 0.416. The lowest BCUT2D eigenvalue weighted by Gasteiger charge is -2.02. The van der Waals surface area contributed by atoms with Crippen LogP contribution in [0.25, 0.3) is 0 Å². The van der Waals surface area contributed by atoms with Crippen molar-refractivity contribution >= 4 is 0 Å². The van der Waals surface area contributed by atoms with Crippen LogP contribution < -0.4 is 0 Å². The van der Waals surface area contributed by atoms with E-state index >= 15 is 0 Å². The van der Waals surface area contributed by atoms with Crippen LogP contribution in [-0.4, -0.2) is 0 Å². The zero-order valence-corrected chi connectivity index (χ0v) is 5.72. The Hall–Kier alpha value is 0. The molecule has 0 aromatic heterocycles. The van der Waals surface area contributed by atoms with E-state index in [-0.39, 0.29) is 0 Å². The topological polar surface area (TPSA) is 0 Å². The predicted octanol–water partition coefficient (Wildman–Crippen LogP) is 2.30. The quantitative estimate of drug-likeness (QED) is 0.449. The number of hydrogen-bond donors (Lipinski definition) is 0. The molecule has 0 amide bonds. The first kappa shape index (κ1) is 4.84. The van der Waals surface area contributed by atoms with Crippen molar-refractivity contribution in [1.29, 1.82) is 0 Å². The lowest BCUT2D eigenvalue weighted by Crippen LogP contribution is -1.93. The molecule has 2 aliphatic rings. The van der Waals surface area contributed by atoms with E-state index < -0.39 is 0 Å². The summed E-state index contributed by atoms with van der Waals surface area (Å²) in [5, 5.41) is 0. The van der Waals surface area contributed by atoms with E-state index in [0.29, 0.717) is 0 Å². The van der Waals surface area contributed by atoms with Gasteiger partial charge in [-0.15, -0.1) is 0 Å². The fourth-order valence-electron chi connectivity index (χ4n) is 2.62. The monoisotopic (exact) mass is 110 g/mol. The molecule has 2 fully saturated rings. The van der Waals surface area contributed by atoms with E-state index in [4.69, 9.17) is 0 Å². The summed E-state index contributed by atoms with van der Waals surface area (Å²) < 4.78 is 0. The van der Waals surface area contributed by atoms with Crippen LogP contribution in [0.1, 0.15) is 26.7 Å². The van der Waals surface area contributed by atoms with Crippen molar-refractivity contribution in [2.75, 3.05) is 0 Å². The van der Waals surface area contributed by atoms with Gasteiger partial charge in [0.2, 0.25) is 0 Å². The van der Waals surface area contributed by atoms with Crippen molar-refractivity contribution in [3.8, 4) is 0 Å². The summed E-state index contributed by atoms with van der Waals surface area (Å²) >= 11 is 0. The summed E-state index contributed by atoms with van der Waals surface area (Å²) in [4.78, 5) is 0. The number of hydrogen-bond acceptors (Lipinski definition) is 0. The Kier molecular flexibility index (Phi) is 0.778. The standard InChI is InChI=1S/C8H14/c1-5-3-4-7-6(2)8(5)7/h5-8H,3-4H2,1-2H3/t5?,6-,7?,8?/m1/s1. The second-order valence-electron chi connectivity index (χ2n) is 3.65. The van der Waals surface area contributed by atoms with E-state index in [2.05, 4.69) is 13.8 Å². The smallest absolute Gasteiger partial charge is 0.0329 e. The van der Waals surface area contributed by atoms with Gasteiger partial charge in [0, 0.05) is 0 Å². The summed E-state index contributed by atoms with van der Waals surface area (Å²) in [6, 6.07) is 0. The first-order valence-corrected chi connectivity index (χ1v) is 3.80. The normalized spacial score (nSPS) is 60.8. The van der Waals surface area contributed by atoms with Gasteiger partial charge >= 0.3 is 0 Å². The highest BCUT2D eigenvalue weighted by atomic mass is 14.6. The molecule has 2 saturated carbocycles. The largest absolute Gasteiger partial charge is 0.0622 e. The van der Waals surface area contributed by atoms with Gasteiger partial charge in [0.05, 0.1) is 0 Å². The van der Waals surface area contributed by atoms with Crippen LogP contribution in [-0.2, 0) is 0 Å². The van der Waals surface area contributed by atoms with Gasteiger partial charge in [-0.25, -0.2) is 0 Å². The van der Waals surface area contributed by atoms with E-state index in [1.54, 1.807) is 0 Å². The molecule has 8 heavy (non-hydrogen) atoms. The Labute approximate surface area is 51.3 Å². The van der Waals surface area contributed by atoms with Gasteiger partial charge in [0.15, 0.2) is 0 Å². The molecule has 0 nitrogen and oxygen atoms in total. The SMILES string of the molecule is CC1CCC2C1[C@@H]2C. The van der Waals surface area contributed by atoms with Gasteiger partial charge in [0.1, 0.15) is 0 Å². The maximum Gasteiger partial charge on any atom is -0.0329 e. The van der Waals surface area contributed by atoms with Crippen molar-refractivity contribution in [2.45, 2.75) is 26.7 Å². The summed E-state index contributed by atoms with van der Waals surface area (Å²) in [7, 11) is 0. The minimum absolute atomic E-state index is 1.06. The molecule has 4 atom stereocenters. The minimum atomic E-state index is 1.06. The summed E-state index contributed by atoms with van der Waals surface area (Å²) in [5.74, 6) is 4.47. The van der Waals surface area contributed by atoms with Gasteiger partial charge in [0.25, 0.3) is 0 Å². The lowest BCUT2D eigenvalue weighted by atomic mass is 10.0. The van der Waals surface area contributed by atoms with Crippen molar-refractivity contribution in [1.82, 2.24) is 0 Å². The molecule has 2 rings (SSSR count). The Bertz CT molecular complexity index is 105. The maximum atomic E-state index is 2.41. The van der Waals surface area contributed by atoms with Crippen LogP contribution in [0.15, 0.2) is 0 Å². The molecular formula is C8H14. The molecule has 0 aliphatic heterocycles. The van der Waals surface area contributed by atoms with Crippen LogP contribution in [0.5, 0.6) is 0 Å². The molecule has 0 radical (unpaired) electrons. The Balaban J connectivity index is 2.07. The van der Waals surface area contributed by atoms with E-state index in [0.717, 1.165) is 23.7 Å². The van der Waals surface area contributed by atoms with Gasteiger partial charge in [-0.05, 0) is 30.1 Å². The molecule has 0 N–H and O–H groups in total. The molecule has 0 heteroatoms. The zero-order chi connectivity index (χ0) is 5.72. The molecule has 0 spiro atoms. The number of fused-ring (bicyclic) bond motifs is 1. The van der Waals surface area contributed by atoms with Gasteiger partial charge in [-0.2, -0.15) is 0 Å². The van der Waals surface area contributed by atoms with Crippen molar-refractivity contribution < 1.29 is 0 Å². The zero-order valence-electron chi connectivity index (χ0n) is 5.72. The summed E-state index contributed by atoms with van der Waals surface area (Å²) in [6.45, 7) is 4.82. The molecular weight excluding hydrogens is 96.1 g/mol. The Morgan fingerprint density at radius 2 is 1.88 bits per heavy atom. The summed E-state index contributed by atoms with van der Waals surface area (Å²) in [6.07, 6.45) is 3.05. The molecule has 0 saturated heterocycles. The second kappa shape index (κ2) is 1.29. The summed E-state index contributed by atoms with van der Waals surface area (Å²) in [5.41, 5.74) is 0. The first-order valence-electron chi connectivity index (χ1n) is 3.80. The van der Waals surface area contributed by atoms with Gasteiger partial charge in [-0.3, -0.25) is 0 Å². The maximum absolute atomic E-state index is 2.41. The van der Waals surface area contributed by atoms with E-state index in [9.17, 15) is 0 Å². The fourth-order valence-corrected chi connectivity index (χ4v) is 2.62. The van der Waals surface area contributed by atoms with Crippen molar-refractivity contribution in [3.63, 3.8) is 0 Å².